The molecule has 0 aliphatic carbocycles. The predicted molar refractivity (Wildman–Crippen MR) is 239 cm³/mol. The number of hydrogen-bond acceptors (Lipinski definition) is 5. The smallest absolute Gasteiger partial charge is 0.166 e. The fourth-order valence-corrected chi connectivity index (χ4v) is 9.40. The van der Waals surface area contributed by atoms with Crippen LogP contribution in [-0.2, 0) is 0 Å². The van der Waals surface area contributed by atoms with E-state index in [1.165, 1.54) is 25.7 Å². The van der Waals surface area contributed by atoms with Gasteiger partial charge in [0.05, 0.1) is 28.4 Å². The van der Waals surface area contributed by atoms with E-state index in [0.717, 1.165) is 60.9 Å². The van der Waals surface area contributed by atoms with E-state index in [1.54, 1.807) is 0 Å². The summed E-state index contributed by atoms with van der Waals surface area (Å²) in [6.45, 7) is 0. The Balaban J connectivity index is 1.20. The maximum absolute atomic E-state index is 9.65. The maximum atomic E-state index is 9.65. The molecule has 0 fully saturated rings. The van der Waals surface area contributed by atoms with Gasteiger partial charge in [-0.05, 0) is 70.8 Å². The van der Waals surface area contributed by atoms with E-state index in [1.807, 2.05) is 90.2 Å². The molecule has 0 saturated carbocycles. The second kappa shape index (κ2) is 13.8. The second-order valence-electron chi connectivity index (χ2n) is 14.3. The lowest BCUT2D eigenvalue weighted by Gasteiger charge is -2.16. The highest BCUT2D eigenvalue weighted by molar-refractivity contribution is 7.26. The summed E-state index contributed by atoms with van der Waals surface area (Å²) in [4.78, 5) is 15.6. The van der Waals surface area contributed by atoms with Gasteiger partial charge in [-0.25, -0.2) is 15.0 Å². The number of fused-ring (bicyclic) bond motifs is 6. The lowest BCUT2D eigenvalue weighted by atomic mass is 9.99. The summed E-state index contributed by atoms with van der Waals surface area (Å²) in [7, 11) is 0. The maximum Gasteiger partial charge on any atom is 0.166 e. The molecule has 0 spiro atoms. The Morgan fingerprint density at radius 2 is 1.02 bits per heavy atom. The molecule has 11 rings (SSSR count). The van der Waals surface area contributed by atoms with Gasteiger partial charge in [-0.15, -0.1) is 11.3 Å². The average Bonchev–Trinajstić information content (AvgIpc) is 3.85. The van der Waals surface area contributed by atoms with Gasteiger partial charge in [0.2, 0.25) is 0 Å². The number of hydrogen-bond donors (Lipinski definition) is 0. The number of para-hydroxylation sites is 1. The van der Waals surface area contributed by atoms with E-state index >= 15 is 0 Å². The normalized spacial score (nSPS) is 11.4. The molecule has 3 aromatic heterocycles. The third-order valence-electron chi connectivity index (χ3n) is 10.9. The van der Waals surface area contributed by atoms with Gasteiger partial charge in [-0.2, -0.15) is 5.26 Å². The van der Waals surface area contributed by atoms with Crippen molar-refractivity contribution >= 4 is 53.3 Å². The molecule has 0 aliphatic rings. The first-order valence-corrected chi connectivity index (χ1v) is 20.0. The van der Waals surface area contributed by atoms with Crippen molar-refractivity contribution in [1.82, 2.24) is 19.5 Å². The van der Waals surface area contributed by atoms with Crippen molar-refractivity contribution in [2.24, 2.45) is 0 Å². The van der Waals surface area contributed by atoms with E-state index in [4.69, 9.17) is 15.0 Å². The second-order valence-corrected chi connectivity index (χ2v) is 15.4. The largest absolute Gasteiger partial charge is 0.309 e. The molecule has 0 aliphatic heterocycles. The van der Waals surface area contributed by atoms with E-state index in [0.29, 0.717) is 23.0 Å². The fraction of sp³-hybridized carbons (Fsp3) is 0. The quantitative estimate of drug-likeness (QED) is 0.169. The molecule has 0 unspecified atom stereocenters. The first-order chi connectivity index (χ1) is 28.7. The molecule has 58 heavy (non-hydrogen) atoms. The Hall–Kier alpha value is -7.72. The van der Waals surface area contributed by atoms with Gasteiger partial charge in [0.1, 0.15) is 0 Å². The molecule has 0 radical (unpaired) electrons. The Morgan fingerprint density at radius 3 is 1.79 bits per heavy atom. The van der Waals surface area contributed by atoms with Crippen molar-refractivity contribution in [2.75, 3.05) is 0 Å². The Morgan fingerprint density at radius 1 is 0.414 bits per heavy atom. The molecule has 3 heterocycles. The topological polar surface area (TPSA) is 67.4 Å². The molecular weight excluding hydrogens is 727 g/mol. The van der Waals surface area contributed by atoms with Crippen LogP contribution in [0.25, 0.3) is 104 Å². The van der Waals surface area contributed by atoms with Crippen LogP contribution in [0.5, 0.6) is 0 Å². The van der Waals surface area contributed by atoms with Crippen molar-refractivity contribution < 1.29 is 0 Å². The molecule has 8 aromatic carbocycles. The molecule has 0 saturated heterocycles. The highest BCUT2D eigenvalue weighted by Crippen LogP contribution is 2.43. The lowest BCUT2D eigenvalue weighted by Crippen LogP contribution is -2.04. The van der Waals surface area contributed by atoms with E-state index in [2.05, 4.69) is 120 Å². The molecule has 11 aromatic rings. The molecule has 0 N–H and O–H groups in total. The minimum absolute atomic E-state index is 0.587. The van der Waals surface area contributed by atoms with Gasteiger partial charge in [0.15, 0.2) is 17.5 Å². The van der Waals surface area contributed by atoms with E-state index < -0.39 is 0 Å². The van der Waals surface area contributed by atoms with Crippen LogP contribution in [0.15, 0.2) is 188 Å². The summed E-state index contributed by atoms with van der Waals surface area (Å²) >= 11 is 1.83. The van der Waals surface area contributed by atoms with Crippen LogP contribution in [0.4, 0.5) is 0 Å². The predicted octanol–water partition coefficient (Wildman–Crippen LogP) is 13.5. The zero-order valence-corrected chi connectivity index (χ0v) is 31.9. The number of nitriles is 1. The highest BCUT2D eigenvalue weighted by Gasteiger charge is 2.21. The number of benzene rings is 8. The monoisotopic (exact) mass is 757 g/mol. The number of nitrogens with zero attached hydrogens (tertiary/aromatic N) is 5. The Kier molecular flexibility index (Phi) is 7.99. The van der Waals surface area contributed by atoms with Gasteiger partial charge < -0.3 is 4.57 Å². The summed E-state index contributed by atoms with van der Waals surface area (Å²) in [6, 6.07) is 67.4. The number of rotatable bonds is 6. The van der Waals surface area contributed by atoms with Crippen LogP contribution in [0.2, 0.25) is 0 Å². The third kappa shape index (κ3) is 5.64. The standard InChI is InChI=1S/C52H31N5S/c53-32-33-13-11-18-36(29-33)37-25-27-46-43(30-37)40-19-7-9-23-45(40)57(46)47-28-26-38(39-21-12-22-42-41-20-8-10-24-48(41)58-49(39)42)31-44(47)52-55-50(34-14-3-1-4-15-34)54-51(56-52)35-16-5-2-6-17-35/h1-31H. The van der Waals surface area contributed by atoms with Crippen LogP contribution >= 0.6 is 11.3 Å². The number of thiophene rings is 1. The van der Waals surface area contributed by atoms with E-state index in [9.17, 15) is 5.26 Å². The summed E-state index contributed by atoms with van der Waals surface area (Å²) in [5.74, 6) is 1.81. The molecule has 6 heteroatoms. The minimum Gasteiger partial charge on any atom is -0.309 e. The third-order valence-corrected chi connectivity index (χ3v) is 12.1. The van der Waals surface area contributed by atoms with Crippen molar-refractivity contribution in [3.63, 3.8) is 0 Å². The van der Waals surface area contributed by atoms with Gasteiger partial charge in [0, 0.05) is 47.6 Å². The minimum atomic E-state index is 0.587. The number of aromatic nitrogens is 4. The average molecular weight is 758 g/mol. The van der Waals surface area contributed by atoms with E-state index in [-0.39, 0.29) is 0 Å². The summed E-state index contributed by atoms with van der Waals surface area (Å²) in [6.07, 6.45) is 0. The fourth-order valence-electron chi connectivity index (χ4n) is 8.16. The Labute approximate surface area is 338 Å². The van der Waals surface area contributed by atoms with Crippen molar-refractivity contribution in [1.29, 1.82) is 5.26 Å². The summed E-state index contributed by atoms with van der Waals surface area (Å²) in [5.41, 5.74) is 10.8. The van der Waals surface area contributed by atoms with Gasteiger partial charge in [-0.3, -0.25) is 0 Å². The summed E-state index contributed by atoms with van der Waals surface area (Å²) in [5, 5.41) is 14.4. The lowest BCUT2D eigenvalue weighted by molar-refractivity contribution is 1.06. The zero-order chi connectivity index (χ0) is 38.6. The molecule has 5 nitrogen and oxygen atoms in total. The first-order valence-electron chi connectivity index (χ1n) is 19.2. The first kappa shape index (κ1) is 33.6. The van der Waals surface area contributed by atoms with Crippen molar-refractivity contribution in [2.45, 2.75) is 0 Å². The molecule has 0 atom stereocenters. The van der Waals surface area contributed by atoms with Gasteiger partial charge in [-0.1, -0.05) is 140 Å². The summed E-state index contributed by atoms with van der Waals surface area (Å²) < 4.78 is 4.86. The van der Waals surface area contributed by atoms with Crippen molar-refractivity contribution in [3.05, 3.63) is 194 Å². The zero-order valence-electron chi connectivity index (χ0n) is 31.0. The van der Waals surface area contributed by atoms with Crippen LogP contribution < -0.4 is 0 Å². The Bertz CT molecular complexity index is 3360. The molecule has 270 valence electrons. The molecule has 0 amide bonds. The molecule has 0 bridgehead atoms. The van der Waals surface area contributed by atoms with Gasteiger partial charge >= 0.3 is 0 Å². The highest BCUT2D eigenvalue weighted by atomic mass is 32.1. The molecular formula is C52H31N5S. The van der Waals surface area contributed by atoms with Crippen LogP contribution in [0, 0.1) is 11.3 Å². The SMILES string of the molecule is N#Cc1cccc(-c2ccc3c(c2)c2ccccc2n3-c2ccc(-c3cccc4c3sc3ccccc34)cc2-c2nc(-c3ccccc3)nc(-c3ccccc3)n2)c1. The van der Waals surface area contributed by atoms with Crippen LogP contribution in [-0.4, -0.2) is 19.5 Å². The van der Waals surface area contributed by atoms with Crippen LogP contribution in [0.1, 0.15) is 5.56 Å². The van der Waals surface area contributed by atoms with Crippen molar-refractivity contribution in [3.8, 4) is 68.2 Å². The van der Waals surface area contributed by atoms with Crippen LogP contribution in [0.3, 0.4) is 0 Å². The van der Waals surface area contributed by atoms with Gasteiger partial charge in [0.25, 0.3) is 0 Å².